The summed E-state index contributed by atoms with van der Waals surface area (Å²) in [7, 11) is 0. The maximum atomic E-state index is 12.6. The summed E-state index contributed by atoms with van der Waals surface area (Å²) in [5.41, 5.74) is -1.05. The summed E-state index contributed by atoms with van der Waals surface area (Å²) >= 11 is 0. The third kappa shape index (κ3) is 3.21. The summed E-state index contributed by atoms with van der Waals surface area (Å²) in [5, 5.41) is 23.4. The van der Waals surface area contributed by atoms with Gasteiger partial charge in [-0.1, -0.05) is 66.7 Å². The van der Waals surface area contributed by atoms with Crippen LogP contribution in [0.15, 0.2) is 66.7 Å². The molecule has 0 saturated carbocycles. The molecule has 0 heterocycles. The van der Waals surface area contributed by atoms with Gasteiger partial charge in [0.05, 0.1) is 6.61 Å². The molecule has 0 aliphatic carbocycles. The molecule has 0 saturated heterocycles. The van der Waals surface area contributed by atoms with E-state index >= 15 is 0 Å². The third-order valence-electron chi connectivity index (χ3n) is 4.26. The van der Waals surface area contributed by atoms with E-state index in [0.717, 1.165) is 10.9 Å². The van der Waals surface area contributed by atoms with E-state index in [1.807, 2.05) is 42.5 Å². The normalized spacial score (nSPS) is 13.4. The number of phenolic OH excluding ortho intramolecular Hbond substituents is 1. The number of fused-ring (bicyclic) bond motifs is 1. The van der Waals surface area contributed by atoms with Crippen molar-refractivity contribution in [2.24, 2.45) is 0 Å². The number of carbonyl (C=O) groups excluding carboxylic acids is 1. The van der Waals surface area contributed by atoms with Gasteiger partial charge in [-0.15, -0.1) is 0 Å². The minimum atomic E-state index is -1.97. The lowest BCUT2D eigenvalue weighted by molar-refractivity contribution is -0.166. The molecule has 0 fully saturated rings. The summed E-state index contributed by atoms with van der Waals surface area (Å²) in [6, 6.07) is 19.8. The first-order valence-electron chi connectivity index (χ1n) is 8.21. The van der Waals surface area contributed by atoms with Crippen molar-refractivity contribution in [3.63, 3.8) is 0 Å². The smallest absolute Gasteiger partial charge is 0.343 e. The highest BCUT2D eigenvalue weighted by Crippen LogP contribution is 2.38. The fourth-order valence-corrected chi connectivity index (χ4v) is 3.01. The molecule has 0 spiro atoms. The molecule has 0 radical (unpaired) electrons. The van der Waals surface area contributed by atoms with E-state index in [2.05, 4.69) is 0 Å². The Kier molecular flexibility index (Phi) is 4.72. The van der Waals surface area contributed by atoms with E-state index in [9.17, 15) is 15.0 Å². The van der Waals surface area contributed by atoms with Crippen molar-refractivity contribution in [3.05, 3.63) is 77.9 Å². The van der Waals surface area contributed by atoms with Crippen LogP contribution in [-0.4, -0.2) is 22.8 Å². The number of aromatic hydroxyl groups is 1. The number of benzene rings is 3. The molecule has 1 atom stereocenters. The van der Waals surface area contributed by atoms with Gasteiger partial charge in [0.1, 0.15) is 5.75 Å². The number of hydrogen-bond acceptors (Lipinski definition) is 4. The van der Waals surface area contributed by atoms with E-state index in [1.165, 1.54) is 0 Å². The van der Waals surface area contributed by atoms with Crippen molar-refractivity contribution < 1.29 is 19.7 Å². The number of ether oxygens (including phenoxy) is 1. The maximum absolute atomic E-state index is 12.6. The molecular formula is C21H20O4. The second kappa shape index (κ2) is 6.95. The number of aliphatic hydroxyl groups is 1. The molecule has 3 rings (SSSR count). The highest BCUT2D eigenvalue weighted by Gasteiger charge is 2.42. The standard InChI is InChI=1S/C21H20O4/c1-2-25-20(23)21(24,14-15-8-4-3-5-9-15)18-13-12-16-10-6-7-11-17(16)19(18)22/h3-13,22,24H,2,14H2,1H3. The van der Waals surface area contributed by atoms with E-state index in [1.54, 1.807) is 31.2 Å². The van der Waals surface area contributed by atoms with Crippen LogP contribution in [0.2, 0.25) is 0 Å². The lowest BCUT2D eigenvalue weighted by atomic mass is 9.85. The number of carbonyl (C=O) groups is 1. The predicted octanol–water partition coefficient (Wildman–Crippen LogP) is 3.54. The Labute approximate surface area is 146 Å². The highest BCUT2D eigenvalue weighted by molar-refractivity contribution is 5.92. The van der Waals surface area contributed by atoms with Crippen molar-refractivity contribution in [2.45, 2.75) is 18.9 Å². The van der Waals surface area contributed by atoms with Gasteiger partial charge in [0.25, 0.3) is 0 Å². The first-order valence-corrected chi connectivity index (χ1v) is 8.21. The molecule has 3 aromatic rings. The molecule has 128 valence electrons. The van der Waals surface area contributed by atoms with Crippen LogP contribution in [0.1, 0.15) is 18.1 Å². The van der Waals surface area contributed by atoms with Crippen LogP contribution in [-0.2, 0) is 21.6 Å². The fourth-order valence-electron chi connectivity index (χ4n) is 3.01. The van der Waals surface area contributed by atoms with Crippen molar-refractivity contribution in [1.82, 2.24) is 0 Å². The lowest BCUT2D eigenvalue weighted by Crippen LogP contribution is -2.39. The average molecular weight is 336 g/mol. The average Bonchev–Trinajstić information content (AvgIpc) is 2.63. The molecule has 4 heteroatoms. The Bertz CT molecular complexity index is 889. The molecule has 0 aliphatic heterocycles. The van der Waals surface area contributed by atoms with Gasteiger partial charge in [-0.3, -0.25) is 0 Å². The molecule has 0 bridgehead atoms. The molecule has 25 heavy (non-hydrogen) atoms. The second-order valence-corrected chi connectivity index (χ2v) is 5.93. The van der Waals surface area contributed by atoms with Crippen LogP contribution in [0.5, 0.6) is 5.75 Å². The van der Waals surface area contributed by atoms with Crippen molar-refractivity contribution in [2.75, 3.05) is 6.61 Å². The van der Waals surface area contributed by atoms with Gasteiger partial charge >= 0.3 is 5.97 Å². The Balaban J connectivity index is 2.14. The summed E-state index contributed by atoms with van der Waals surface area (Å²) in [4.78, 5) is 12.6. The minimum absolute atomic E-state index is 0.0125. The Hall–Kier alpha value is -2.85. The largest absolute Gasteiger partial charge is 0.507 e. The molecule has 0 aromatic heterocycles. The van der Waals surface area contributed by atoms with Gasteiger partial charge < -0.3 is 14.9 Å². The van der Waals surface area contributed by atoms with E-state index in [4.69, 9.17) is 4.74 Å². The van der Waals surface area contributed by atoms with E-state index in [0.29, 0.717) is 5.39 Å². The van der Waals surface area contributed by atoms with Crippen LogP contribution in [0, 0.1) is 0 Å². The molecule has 0 amide bonds. The summed E-state index contributed by atoms with van der Waals surface area (Å²) in [5.74, 6) is -0.881. The number of rotatable bonds is 5. The monoisotopic (exact) mass is 336 g/mol. The zero-order valence-corrected chi connectivity index (χ0v) is 14.0. The topological polar surface area (TPSA) is 66.8 Å². The zero-order chi connectivity index (χ0) is 17.9. The summed E-state index contributed by atoms with van der Waals surface area (Å²) in [6.45, 7) is 1.82. The van der Waals surface area contributed by atoms with E-state index in [-0.39, 0.29) is 24.3 Å². The van der Waals surface area contributed by atoms with Gasteiger partial charge in [0.15, 0.2) is 5.60 Å². The highest BCUT2D eigenvalue weighted by atomic mass is 16.5. The fraction of sp³-hybridized carbons (Fsp3) is 0.190. The zero-order valence-electron chi connectivity index (χ0n) is 14.0. The summed E-state index contributed by atoms with van der Waals surface area (Å²) < 4.78 is 5.10. The van der Waals surface area contributed by atoms with Crippen LogP contribution >= 0.6 is 0 Å². The van der Waals surface area contributed by atoms with Crippen molar-refractivity contribution in [3.8, 4) is 5.75 Å². The Morgan fingerprint density at radius 2 is 1.68 bits per heavy atom. The SMILES string of the molecule is CCOC(=O)C(O)(Cc1ccccc1)c1ccc2ccccc2c1O. The van der Waals surface area contributed by atoms with E-state index < -0.39 is 11.6 Å². The Morgan fingerprint density at radius 1 is 1.00 bits per heavy atom. The van der Waals surface area contributed by atoms with Crippen LogP contribution < -0.4 is 0 Å². The minimum Gasteiger partial charge on any atom is -0.507 e. The number of hydrogen-bond donors (Lipinski definition) is 2. The first-order chi connectivity index (χ1) is 12.1. The van der Waals surface area contributed by atoms with Crippen molar-refractivity contribution in [1.29, 1.82) is 0 Å². The molecule has 3 aromatic carbocycles. The second-order valence-electron chi connectivity index (χ2n) is 5.93. The predicted molar refractivity (Wildman–Crippen MR) is 96.3 cm³/mol. The summed E-state index contributed by atoms with van der Waals surface area (Å²) in [6.07, 6.45) is 0.0125. The first kappa shape index (κ1) is 17.0. The van der Waals surface area contributed by atoms with Crippen LogP contribution in [0.25, 0.3) is 10.8 Å². The molecule has 2 N–H and O–H groups in total. The van der Waals surface area contributed by atoms with Gasteiger partial charge in [-0.05, 0) is 17.9 Å². The van der Waals surface area contributed by atoms with Gasteiger partial charge in [-0.2, -0.15) is 0 Å². The third-order valence-corrected chi connectivity index (χ3v) is 4.26. The van der Waals surface area contributed by atoms with Gasteiger partial charge in [-0.25, -0.2) is 4.79 Å². The van der Waals surface area contributed by atoms with Crippen LogP contribution in [0.3, 0.4) is 0 Å². The van der Waals surface area contributed by atoms with Crippen molar-refractivity contribution >= 4 is 16.7 Å². The lowest BCUT2D eigenvalue weighted by Gasteiger charge is -2.27. The molecular weight excluding hydrogens is 316 g/mol. The van der Waals surface area contributed by atoms with Crippen LogP contribution in [0.4, 0.5) is 0 Å². The molecule has 0 aliphatic rings. The van der Waals surface area contributed by atoms with Gasteiger partial charge in [0, 0.05) is 17.4 Å². The maximum Gasteiger partial charge on any atom is 0.343 e. The number of esters is 1. The number of phenols is 1. The Morgan fingerprint density at radius 3 is 2.40 bits per heavy atom. The molecule has 4 nitrogen and oxygen atoms in total. The quantitative estimate of drug-likeness (QED) is 0.700. The van der Waals surface area contributed by atoms with Gasteiger partial charge in [0.2, 0.25) is 0 Å². The molecule has 1 unspecified atom stereocenters.